The van der Waals surface area contributed by atoms with Crippen LogP contribution in [0.3, 0.4) is 0 Å². The number of hydrogen-bond donors (Lipinski definition) is 0. The Morgan fingerprint density at radius 3 is 2.35 bits per heavy atom. The average molecular weight is 522 g/mol. The molecule has 5 aliphatic carbocycles. The molecule has 1 spiro atoms. The van der Waals surface area contributed by atoms with Crippen molar-refractivity contribution in [2.45, 2.75) is 69.5 Å². The zero-order valence-corrected chi connectivity index (χ0v) is 20.8. The van der Waals surface area contributed by atoms with Gasteiger partial charge in [-0.2, -0.15) is 13.2 Å². The summed E-state index contributed by atoms with van der Waals surface area (Å²) in [5.41, 5.74) is 1.14. The van der Waals surface area contributed by atoms with E-state index in [-0.39, 0.29) is 16.9 Å². The van der Waals surface area contributed by atoms with Crippen molar-refractivity contribution in [2.24, 2.45) is 34.5 Å². The minimum atomic E-state index is -4.57. The lowest BCUT2D eigenvalue weighted by Gasteiger charge is -2.66. The molecule has 1 saturated heterocycles. The molecule has 0 radical (unpaired) electrons. The SMILES string of the molecule is COC(=O)[C@@H]1C[C@H](C(F)(F)F)CN1C(=O)c1cc(C2CC2)c(OCC23CC4CC5CC(C2)C54C3)cc1F. The van der Waals surface area contributed by atoms with Crippen molar-refractivity contribution in [3.05, 3.63) is 29.1 Å². The van der Waals surface area contributed by atoms with Crippen LogP contribution >= 0.6 is 0 Å². The minimum Gasteiger partial charge on any atom is -0.493 e. The molecule has 9 heteroatoms. The van der Waals surface area contributed by atoms with Gasteiger partial charge < -0.3 is 14.4 Å². The molecule has 1 aliphatic heterocycles. The first kappa shape index (κ1) is 23.8. The molecular formula is C28H31F4NO4. The van der Waals surface area contributed by atoms with Gasteiger partial charge in [-0.05, 0) is 92.1 Å². The molecule has 0 N–H and O–H groups in total. The summed E-state index contributed by atoms with van der Waals surface area (Å²) in [6.07, 6.45) is 2.87. The Kier molecular flexibility index (Phi) is 4.90. The number of methoxy groups -OCH3 is 1. The molecule has 5 saturated carbocycles. The number of hydrogen-bond acceptors (Lipinski definition) is 4. The third kappa shape index (κ3) is 3.33. The number of halogens is 4. The molecule has 1 aromatic carbocycles. The van der Waals surface area contributed by atoms with Crippen LogP contribution in [0.25, 0.3) is 0 Å². The van der Waals surface area contributed by atoms with E-state index < -0.39 is 48.8 Å². The van der Waals surface area contributed by atoms with Crippen LogP contribution in [0.1, 0.15) is 73.2 Å². The Bertz CT molecular complexity index is 1160. The van der Waals surface area contributed by atoms with Crippen molar-refractivity contribution < 1.29 is 36.6 Å². The Balaban J connectivity index is 1.14. The summed E-state index contributed by atoms with van der Waals surface area (Å²) in [5.74, 6) is -1.44. The quantitative estimate of drug-likeness (QED) is 0.368. The summed E-state index contributed by atoms with van der Waals surface area (Å²) in [7, 11) is 1.06. The predicted octanol–water partition coefficient (Wildman–Crippen LogP) is 5.47. The highest BCUT2D eigenvalue weighted by atomic mass is 19.4. The van der Waals surface area contributed by atoms with E-state index in [1.54, 1.807) is 0 Å². The van der Waals surface area contributed by atoms with Crippen molar-refractivity contribution in [3.8, 4) is 5.75 Å². The number of amides is 1. The summed E-state index contributed by atoms with van der Waals surface area (Å²) in [6.45, 7) is -0.156. The van der Waals surface area contributed by atoms with Crippen molar-refractivity contribution in [2.75, 3.05) is 20.3 Å². The fraction of sp³-hybridized carbons (Fsp3) is 0.714. The number of likely N-dealkylation sites (tertiary alicyclic amines) is 1. The maximum absolute atomic E-state index is 15.4. The van der Waals surface area contributed by atoms with Gasteiger partial charge in [0.15, 0.2) is 0 Å². The first-order valence-electron chi connectivity index (χ1n) is 13.5. The second kappa shape index (κ2) is 7.63. The lowest BCUT2D eigenvalue weighted by Crippen LogP contribution is -2.59. The molecular weight excluding hydrogens is 490 g/mol. The monoisotopic (exact) mass is 521 g/mol. The Hall–Kier alpha value is -2.32. The van der Waals surface area contributed by atoms with Crippen LogP contribution in [-0.4, -0.2) is 49.3 Å². The van der Waals surface area contributed by atoms with Crippen LogP contribution in [0, 0.1) is 40.3 Å². The number of alkyl halides is 3. The molecule has 5 nitrogen and oxygen atoms in total. The van der Waals surface area contributed by atoms with E-state index in [9.17, 15) is 22.8 Å². The number of rotatable bonds is 6. The number of carbonyl (C=O) groups excluding carboxylic acids is 2. The van der Waals surface area contributed by atoms with Crippen molar-refractivity contribution in [3.63, 3.8) is 0 Å². The molecule has 2 bridgehead atoms. The van der Waals surface area contributed by atoms with Gasteiger partial charge in [-0.15, -0.1) is 0 Å². The Morgan fingerprint density at radius 1 is 1.08 bits per heavy atom. The Morgan fingerprint density at radius 2 is 1.78 bits per heavy atom. The minimum absolute atomic E-state index is 0.139. The van der Waals surface area contributed by atoms with Crippen LogP contribution in [0.4, 0.5) is 17.6 Å². The highest BCUT2D eigenvalue weighted by Gasteiger charge is 2.77. The van der Waals surface area contributed by atoms with Gasteiger partial charge in [0.2, 0.25) is 0 Å². The van der Waals surface area contributed by atoms with Gasteiger partial charge in [-0.1, -0.05) is 0 Å². The summed E-state index contributed by atoms with van der Waals surface area (Å²) >= 11 is 0. The summed E-state index contributed by atoms with van der Waals surface area (Å²) < 4.78 is 66.6. The average Bonchev–Trinajstić information content (AvgIpc) is 3.38. The third-order valence-corrected chi connectivity index (χ3v) is 10.8. The summed E-state index contributed by atoms with van der Waals surface area (Å²) in [5, 5.41) is 0. The number of nitrogens with zero attached hydrogens (tertiary/aromatic N) is 1. The van der Waals surface area contributed by atoms with E-state index in [2.05, 4.69) is 4.74 Å². The normalized spacial score (nSPS) is 39.2. The molecule has 37 heavy (non-hydrogen) atoms. The van der Waals surface area contributed by atoms with Crippen LogP contribution in [-0.2, 0) is 9.53 Å². The van der Waals surface area contributed by atoms with Gasteiger partial charge >= 0.3 is 12.1 Å². The number of fused-ring (bicyclic) bond motifs is 1. The van der Waals surface area contributed by atoms with Gasteiger partial charge in [0.05, 0.1) is 25.2 Å². The highest BCUT2D eigenvalue weighted by molar-refractivity contribution is 5.98. The standard InChI is InChI=1S/C28H31F4NO4/c1-36-25(35)22-6-18(28(30,31)32)11-33(22)24(34)20-7-19(14-2-3-14)23(8-21(20)29)37-13-26-9-16-4-15-5-17(10-26)27(15,16)12-26/h7-8,14-18,22H,2-6,9-13H2,1H3/t15?,16?,17?,18-,22-,26?,27?/m0/s1. The zero-order valence-electron chi connectivity index (χ0n) is 20.8. The molecule has 200 valence electrons. The molecule has 1 amide bonds. The fourth-order valence-electron chi connectivity index (χ4n) is 9.03. The lowest BCUT2D eigenvalue weighted by molar-refractivity contribution is -0.177. The smallest absolute Gasteiger partial charge is 0.393 e. The van der Waals surface area contributed by atoms with E-state index in [0.29, 0.717) is 17.8 Å². The van der Waals surface area contributed by atoms with Gasteiger partial charge in [0.25, 0.3) is 5.91 Å². The molecule has 1 aromatic rings. The van der Waals surface area contributed by atoms with E-state index in [4.69, 9.17) is 4.74 Å². The highest BCUT2D eigenvalue weighted by Crippen LogP contribution is 2.84. The predicted molar refractivity (Wildman–Crippen MR) is 123 cm³/mol. The molecule has 0 aromatic heterocycles. The van der Waals surface area contributed by atoms with Gasteiger partial charge in [0, 0.05) is 18.0 Å². The summed E-state index contributed by atoms with van der Waals surface area (Å²) in [4.78, 5) is 26.4. The van der Waals surface area contributed by atoms with Crippen molar-refractivity contribution in [1.82, 2.24) is 4.90 Å². The molecule has 2 unspecified atom stereocenters. The lowest BCUT2D eigenvalue weighted by atomic mass is 9.38. The van der Waals surface area contributed by atoms with E-state index in [0.717, 1.165) is 48.2 Å². The van der Waals surface area contributed by atoms with E-state index in [1.165, 1.54) is 44.2 Å². The number of benzene rings is 1. The second-order valence-electron chi connectivity index (χ2n) is 12.7. The molecule has 7 rings (SSSR count). The number of ether oxygens (including phenoxy) is 2. The van der Waals surface area contributed by atoms with Crippen LogP contribution in [0.5, 0.6) is 5.75 Å². The van der Waals surface area contributed by atoms with Crippen molar-refractivity contribution >= 4 is 11.9 Å². The summed E-state index contributed by atoms with van der Waals surface area (Å²) in [6, 6.07) is 1.28. The van der Waals surface area contributed by atoms with E-state index in [1.807, 2.05) is 0 Å². The van der Waals surface area contributed by atoms with Gasteiger partial charge in [0.1, 0.15) is 17.6 Å². The van der Waals surface area contributed by atoms with Crippen molar-refractivity contribution in [1.29, 1.82) is 0 Å². The third-order valence-electron chi connectivity index (χ3n) is 10.8. The molecule has 6 aliphatic rings. The Labute approximate surface area is 212 Å². The molecule has 4 atom stereocenters. The van der Waals surface area contributed by atoms with E-state index >= 15 is 4.39 Å². The largest absolute Gasteiger partial charge is 0.493 e. The number of esters is 1. The van der Waals surface area contributed by atoms with Gasteiger partial charge in [-0.25, -0.2) is 9.18 Å². The molecule has 1 heterocycles. The van der Waals surface area contributed by atoms with Gasteiger partial charge in [-0.3, -0.25) is 4.79 Å². The van der Waals surface area contributed by atoms with Crippen LogP contribution in [0.2, 0.25) is 0 Å². The molecule has 6 fully saturated rings. The van der Waals surface area contributed by atoms with Crippen LogP contribution in [0.15, 0.2) is 12.1 Å². The topological polar surface area (TPSA) is 55.8 Å². The second-order valence-corrected chi connectivity index (χ2v) is 12.7. The number of carbonyl (C=O) groups is 2. The van der Waals surface area contributed by atoms with Crippen LogP contribution < -0.4 is 4.74 Å². The first-order chi connectivity index (χ1) is 17.5. The maximum atomic E-state index is 15.4. The maximum Gasteiger partial charge on any atom is 0.393 e. The first-order valence-corrected chi connectivity index (χ1v) is 13.5. The zero-order chi connectivity index (χ0) is 25.9. The fourth-order valence-corrected chi connectivity index (χ4v) is 9.03.